The van der Waals surface area contributed by atoms with Crippen LogP contribution in [0.2, 0.25) is 0 Å². The number of hydrogen-bond acceptors (Lipinski definition) is 3. The summed E-state index contributed by atoms with van der Waals surface area (Å²) in [6, 6.07) is 11.9. The van der Waals surface area contributed by atoms with Gasteiger partial charge in [-0.15, -0.1) is 0 Å². The summed E-state index contributed by atoms with van der Waals surface area (Å²) >= 11 is 0. The average Bonchev–Trinajstić information content (AvgIpc) is 2.63. The van der Waals surface area contributed by atoms with Crippen molar-refractivity contribution in [2.24, 2.45) is 0 Å². The van der Waals surface area contributed by atoms with Gasteiger partial charge >= 0.3 is 5.97 Å². The highest BCUT2D eigenvalue weighted by atomic mass is 16.5. The molecule has 1 N–H and O–H groups in total. The molecule has 0 bridgehead atoms. The molecule has 1 aliphatic rings. The molecular formula is C24H28O3. The zero-order chi connectivity index (χ0) is 19.8. The van der Waals surface area contributed by atoms with Gasteiger partial charge in [-0.2, -0.15) is 0 Å². The van der Waals surface area contributed by atoms with Crippen LogP contribution in [-0.4, -0.2) is 18.2 Å². The molecule has 0 atom stereocenters. The molecule has 3 nitrogen and oxygen atoms in total. The van der Waals surface area contributed by atoms with Crippen LogP contribution in [0.5, 0.6) is 5.75 Å². The molecule has 142 valence electrons. The Morgan fingerprint density at radius 2 is 1.67 bits per heavy atom. The van der Waals surface area contributed by atoms with Gasteiger partial charge in [0.2, 0.25) is 0 Å². The van der Waals surface area contributed by atoms with Crippen molar-refractivity contribution in [3.63, 3.8) is 0 Å². The summed E-state index contributed by atoms with van der Waals surface area (Å²) in [5, 5.41) is 10.8. The smallest absolute Gasteiger partial charge is 0.330 e. The van der Waals surface area contributed by atoms with Crippen LogP contribution in [0.15, 0.2) is 42.5 Å². The number of carbonyl (C=O) groups is 1. The van der Waals surface area contributed by atoms with E-state index in [9.17, 15) is 9.90 Å². The monoisotopic (exact) mass is 364 g/mol. The molecular weight excluding hydrogens is 336 g/mol. The highest BCUT2D eigenvalue weighted by molar-refractivity contribution is 5.87. The molecule has 2 aromatic carbocycles. The molecule has 0 aromatic heterocycles. The molecule has 1 aliphatic carbocycles. The SMILES string of the molecule is COC(=O)C=Cc1cccc(-c2cc3c(cc2O)C(C)(C)CCC3(C)C)c1. The van der Waals surface area contributed by atoms with Crippen molar-refractivity contribution in [3.8, 4) is 16.9 Å². The van der Waals surface area contributed by atoms with E-state index in [-0.39, 0.29) is 16.8 Å². The van der Waals surface area contributed by atoms with E-state index in [0.29, 0.717) is 5.75 Å². The Bertz CT molecular complexity index is 904. The van der Waals surface area contributed by atoms with Crippen LogP contribution in [0.1, 0.15) is 57.2 Å². The van der Waals surface area contributed by atoms with Gasteiger partial charge in [0.05, 0.1) is 7.11 Å². The van der Waals surface area contributed by atoms with Gasteiger partial charge in [0.1, 0.15) is 5.75 Å². The molecule has 0 heterocycles. The lowest BCUT2D eigenvalue weighted by atomic mass is 9.62. The fraction of sp³-hybridized carbons (Fsp3) is 0.375. The maximum Gasteiger partial charge on any atom is 0.330 e. The Labute approximate surface area is 161 Å². The maximum atomic E-state index is 11.3. The maximum absolute atomic E-state index is 11.3. The Balaban J connectivity index is 2.09. The third-order valence-electron chi connectivity index (χ3n) is 5.78. The van der Waals surface area contributed by atoms with Gasteiger partial charge in [-0.1, -0.05) is 45.9 Å². The third kappa shape index (κ3) is 3.78. The number of methoxy groups -OCH3 is 1. The predicted octanol–water partition coefficient (Wildman–Crippen LogP) is 5.59. The summed E-state index contributed by atoms with van der Waals surface area (Å²) in [4.78, 5) is 11.3. The van der Waals surface area contributed by atoms with Crippen molar-refractivity contribution in [2.45, 2.75) is 51.4 Å². The molecule has 0 aliphatic heterocycles. The first-order valence-electron chi connectivity index (χ1n) is 9.38. The standard InChI is InChI=1S/C24H28O3/c1-23(2)11-12-24(3,4)20-15-21(25)18(14-19(20)23)17-8-6-7-16(13-17)9-10-22(26)27-5/h6-10,13-15,25H,11-12H2,1-5H3. The van der Waals surface area contributed by atoms with Crippen molar-refractivity contribution < 1.29 is 14.6 Å². The largest absolute Gasteiger partial charge is 0.507 e. The molecule has 0 amide bonds. The predicted molar refractivity (Wildman–Crippen MR) is 110 cm³/mol. The number of rotatable bonds is 3. The van der Waals surface area contributed by atoms with Gasteiger partial charge in [0, 0.05) is 11.6 Å². The first-order valence-corrected chi connectivity index (χ1v) is 9.38. The van der Waals surface area contributed by atoms with Crippen LogP contribution in [0.25, 0.3) is 17.2 Å². The topological polar surface area (TPSA) is 46.5 Å². The van der Waals surface area contributed by atoms with Crippen LogP contribution in [0, 0.1) is 0 Å². The van der Waals surface area contributed by atoms with E-state index < -0.39 is 0 Å². The van der Waals surface area contributed by atoms with Gasteiger partial charge in [0.25, 0.3) is 0 Å². The first kappa shape index (κ1) is 19.2. The lowest BCUT2D eigenvalue weighted by molar-refractivity contribution is -0.134. The van der Waals surface area contributed by atoms with Crippen molar-refractivity contribution >= 4 is 12.0 Å². The van der Waals surface area contributed by atoms with Crippen molar-refractivity contribution in [1.82, 2.24) is 0 Å². The van der Waals surface area contributed by atoms with Crippen molar-refractivity contribution in [3.05, 3.63) is 59.2 Å². The minimum absolute atomic E-state index is 0.0615. The number of hydrogen-bond donors (Lipinski definition) is 1. The van der Waals surface area contributed by atoms with Gasteiger partial charge in [-0.3, -0.25) is 0 Å². The van der Waals surface area contributed by atoms with E-state index in [4.69, 9.17) is 0 Å². The zero-order valence-corrected chi connectivity index (χ0v) is 16.8. The highest BCUT2D eigenvalue weighted by Crippen LogP contribution is 2.49. The fourth-order valence-corrected chi connectivity index (χ4v) is 3.88. The third-order valence-corrected chi connectivity index (χ3v) is 5.78. The quantitative estimate of drug-likeness (QED) is 0.570. The van der Waals surface area contributed by atoms with Gasteiger partial charge in [-0.25, -0.2) is 4.79 Å². The van der Waals surface area contributed by atoms with E-state index in [2.05, 4.69) is 38.5 Å². The van der Waals surface area contributed by atoms with Gasteiger partial charge in [0.15, 0.2) is 0 Å². The second kappa shape index (κ2) is 6.88. The minimum Gasteiger partial charge on any atom is -0.507 e. The molecule has 3 heteroatoms. The summed E-state index contributed by atoms with van der Waals surface area (Å²) in [6.45, 7) is 9.05. The Kier molecular flexibility index (Phi) is 4.90. The number of benzene rings is 2. The van der Waals surface area contributed by atoms with Gasteiger partial charge < -0.3 is 9.84 Å². The number of aromatic hydroxyl groups is 1. The number of fused-ring (bicyclic) bond motifs is 1. The van der Waals surface area contributed by atoms with Crippen molar-refractivity contribution in [1.29, 1.82) is 0 Å². The number of esters is 1. The zero-order valence-electron chi connectivity index (χ0n) is 16.8. The summed E-state index contributed by atoms with van der Waals surface area (Å²) < 4.78 is 4.64. The average molecular weight is 364 g/mol. The van der Waals surface area contributed by atoms with Crippen LogP contribution >= 0.6 is 0 Å². The lowest BCUT2D eigenvalue weighted by Gasteiger charge is -2.42. The van der Waals surface area contributed by atoms with E-state index in [1.165, 1.54) is 24.3 Å². The van der Waals surface area contributed by atoms with E-state index in [1.807, 2.05) is 30.3 Å². The molecule has 0 spiro atoms. The molecule has 0 fully saturated rings. The fourth-order valence-electron chi connectivity index (χ4n) is 3.88. The van der Waals surface area contributed by atoms with Crippen LogP contribution in [-0.2, 0) is 20.4 Å². The number of carbonyl (C=O) groups excluding carboxylic acids is 1. The van der Waals surface area contributed by atoms with E-state index in [1.54, 1.807) is 6.08 Å². The molecule has 0 saturated heterocycles. The number of ether oxygens (including phenoxy) is 1. The van der Waals surface area contributed by atoms with Crippen LogP contribution in [0.4, 0.5) is 0 Å². The molecule has 0 unspecified atom stereocenters. The Hall–Kier alpha value is -2.55. The molecule has 0 radical (unpaired) electrons. The minimum atomic E-state index is -0.388. The van der Waals surface area contributed by atoms with Gasteiger partial charge in [-0.05, 0) is 70.2 Å². The second-order valence-corrected chi connectivity index (χ2v) is 8.66. The van der Waals surface area contributed by atoms with Crippen LogP contribution in [0.3, 0.4) is 0 Å². The Morgan fingerprint density at radius 3 is 2.30 bits per heavy atom. The summed E-state index contributed by atoms with van der Waals surface area (Å²) in [5.74, 6) is -0.0883. The lowest BCUT2D eigenvalue weighted by Crippen LogP contribution is -2.33. The van der Waals surface area contributed by atoms with E-state index in [0.717, 1.165) is 29.5 Å². The highest BCUT2D eigenvalue weighted by Gasteiger charge is 2.37. The number of phenolic OH excluding ortho intramolecular Hbond substituents is 1. The second-order valence-electron chi connectivity index (χ2n) is 8.66. The normalized spacial score (nSPS) is 17.5. The Morgan fingerprint density at radius 1 is 1.04 bits per heavy atom. The molecule has 27 heavy (non-hydrogen) atoms. The molecule has 0 saturated carbocycles. The summed E-state index contributed by atoms with van der Waals surface area (Å²) in [7, 11) is 1.36. The molecule has 3 rings (SSSR count). The summed E-state index contributed by atoms with van der Waals surface area (Å²) in [6.07, 6.45) is 5.36. The van der Waals surface area contributed by atoms with Crippen LogP contribution < -0.4 is 0 Å². The van der Waals surface area contributed by atoms with E-state index >= 15 is 0 Å². The number of phenols is 1. The first-order chi connectivity index (χ1) is 12.6. The molecule has 2 aromatic rings. The van der Waals surface area contributed by atoms with Crippen molar-refractivity contribution in [2.75, 3.05) is 7.11 Å². The summed E-state index contributed by atoms with van der Waals surface area (Å²) in [5.41, 5.74) is 5.33.